The van der Waals surface area contributed by atoms with Crippen molar-refractivity contribution in [3.05, 3.63) is 0 Å². The molecule has 1 unspecified atom stereocenters. The SMILES string of the molecule is CC(C)CCCCCCCCCCCCCCC(=O)O.CC(C)CCCCCCCCCCCCCCC(=O)O.CC(C)CCCCCCCCCCCCCCC(=O)O.CC(C)CCCCCCCCCCCCCCC(=O)O.CCC(CO)(CO)CO.CCOC(C)C(CO)(CO)CO. The van der Waals surface area contributed by atoms with Crippen LogP contribution in [0.4, 0.5) is 0 Å². The van der Waals surface area contributed by atoms with Crippen molar-refractivity contribution in [1.29, 1.82) is 0 Å². The second kappa shape index (κ2) is 88.2. The van der Waals surface area contributed by atoms with Crippen molar-refractivity contribution in [3.8, 4) is 0 Å². The van der Waals surface area contributed by atoms with Gasteiger partial charge in [0.15, 0.2) is 0 Å². The monoisotopic (exact) mass is 1450 g/mol. The third-order valence-corrected chi connectivity index (χ3v) is 19.7. The van der Waals surface area contributed by atoms with E-state index in [0.29, 0.717) is 38.7 Å². The first-order chi connectivity index (χ1) is 48.4. The summed E-state index contributed by atoms with van der Waals surface area (Å²) in [5.41, 5.74) is -1.59. The van der Waals surface area contributed by atoms with Crippen LogP contribution in [-0.4, -0.2) is 127 Å². The van der Waals surface area contributed by atoms with Crippen molar-refractivity contribution in [2.45, 2.75) is 448 Å². The molecule has 0 aromatic carbocycles. The van der Waals surface area contributed by atoms with Crippen molar-refractivity contribution in [1.82, 2.24) is 0 Å². The highest BCUT2D eigenvalue weighted by atomic mass is 16.5. The van der Waals surface area contributed by atoms with E-state index < -0.39 is 34.7 Å². The second-order valence-electron chi connectivity index (χ2n) is 31.5. The van der Waals surface area contributed by atoms with Gasteiger partial charge in [-0.1, -0.05) is 371 Å². The zero-order valence-corrected chi connectivity index (χ0v) is 68.7. The Hall–Kier alpha value is -2.40. The second-order valence-corrected chi connectivity index (χ2v) is 31.5. The van der Waals surface area contributed by atoms with Gasteiger partial charge in [-0.05, 0) is 69.6 Å². The zero-order valence-electron chi connectivity index (χ0n) is 68.7. The molecule has 0 saturated heterocycles. The predicted molar refractivity (Wildman–Crippen MR) is 427 cm³/mol. The van der Waals surface area contributed by atoms with Crippen molar-refractivity contribution < 1.29 is 75.0 Å². The van der Waals surface area contributed by atoms with Gasteiger partial charge >= 0.3 is 23.9 Å². The third kappa shape index (κ3) is 97.6. The lowest BCUT2D eigenvalue weighted by atomic mass is 9.85. The highest BCUT2D eigenvalue weighted by Crippen LogP contribution is 2.24. The molecule has 0 aliphatic heterocycles. The Kier molecular flexibility index (Phi) is 95.7. The van der Waals surface area contributed by atoms with Crippen LogP contribution < -0.4 is 0 Å². The number of unbranched alkanes of at least 4 members (excludes halogenated alkanes) is 44. The average Bonchev–Trinajstić information content (AvgIpc) is 0.872. The van der Waals surface area contributed by atoms with Crippen LogP contribution in [0.1, 0.15) is 442 Å². The molecule has 15 nitrogen and oxygen atoms in total. The van der Waals surface area contributed by atoms with Gasteiger partial charge < -0.3 is 55.8 Å². The lowest BCUT2D eigenvalue weighted by molar-refractivity contribution is -0.138. The van der Waals surface area contributed by atoms with Gasteiger partial charge in [0, 0.05) is 37.7 Å². The van der Waals surface area contributed by atoms with Crippen LogP contribution in [0, 0.1) is 34.5 Å². The summed E-state index contributed by atoms with van der Waals surface area (Å²) in [7, 11) is 0. The van der Waals surface area contributed by atoms with Crippen molar-refractivity contribution in [3.63, 3.8) is 0 Å². The summed E-state index contributed by atoms with van der Waals surface area (Å²) in [5, 5.41) is 87.0. The molecule has 1 atom stereocenters. The minimum Gasteiger partial charge on any atom is -0.481 e. The molecule has 15 heteroatoms. The average molecular weight is 1450 g/mol. The predicted octanol–water partition coefficient (Wildman–Crippen LogP) is 23.5. The molecule has 0 radical (unpaired) electrons. The number of aliphatic hydroxyl groups is 6. The van der Waals surface area contributed by atoms with E-state index in [1.54, 1.807) is 6.92 Å². The summed E-state index contributed by atoms with van der Waals surface area (Å²) in [6, 6.07) is 0. The van der Waals surface area contributed by atoms with Crippen LogP contribution in [0.2, 0.25) is 0 Å². The Morgan fingerprint density at radius 3 is 0.495 bits per heavy atom. The maximum absolute atomic E-state index is 10.3. The Balaban J connectivity index is -0.000000273. The van der Waals surface area contributed by atoms with Crippen LogP contribution in [0.5, 0.6) is 0 Å². The van der Waals surface area contributed by atoms with Gasteiger partial charge in [0.05, 0.1) is 51.2 Å². The fourth-order valence-electron chi connectivity index (χ4n) is 11.8. The summed E-state index contributed by atoms with van der Waals surface area (Å²) >= 11 is 0. The van der Waals surface area contributed by atoms with Gasteiger partial charge in [-0.25, -0.2) is 0 Å². The highest BCUT2D eigenvalue weighted by molar-refractivity contribution is 5.67. The molecule has 101 heavy (non-hydrogen) atoms. The molecule has 0 saturated carbocycles. The van der Waals surface area contributed by atoms with Crippen LogP contribution in [0.15, 0.2) is 0 Å². The number of carboxylic acids is 4. The first kappa shape index (κ1) is 110. The van der Waals surface area contributed by atoms with Gasteiger partial charge in [-0.2, -0.15) is 0 Å². The molecule has 0 spiro atoms. The molecule has 0 rings (SSSR count). The number of ether oxygens (including phenoxy) is 1. The van der Waals surface area contributed by atoms with E-state index in [2.05, 4.69) is 55.4 Å². The number of hydrogen-bond acceptors (Lipinski definition) is 11. The number of carbonyl (C=O) groups is 4. The molecule has 0 bridgehead atoms. The molecule has 0 amide bonds. The lowest BCUT2D eigenvalue weighted by Crippen LogP contribution is -2.45. The fraction of sp³-hybridized carbons (Fsp3) is 0.953. The molecule has 0 heterocycles. The summed E-state index contributed by atoms with van der Waals surface area (Å²) in [6.07, 6.45) is 69.5. The molecule has 10 N–H and O–H groups in total. The summed E-state index contributed by atoms with van der Waals surface area (Å²) in [6.45, 7) is 23.0. The minimum atomic E-state index is -0.921. The van der Waals surface area contributed by atoms with E-state index in [-0.39, 0.29) is 45.7 Å². The van der Waals surface area contributed by atoms with E-state index in [1.165, 1.54) is 283 Å². The first-order valence-corrected chi connectivity index (χ1v) is 42.6. The molecule has 0 fully saturated rings. The highest BCUT2D eigenvalue weighted by Gasteiger charge is 2.35. The van der Waals surface area contributed by atoms with Crippen LogP contribution >= 0.6 is 0 Å². The van der Waals surface area contributed by atoms with Crippen LogP contribution in [0.3, 0.4) is 0 Å². The molecule has 0 aliphatic rings. The van der Waals surface area contributed by atoms with E-state index in [9.17, 15) is 19.2 Å². The first-order valence-electron chi connectivity index (χ1n) is 42.6. The van der Waals surface area contributed by atoms with E-state index in [1.807, 2.05) is 13.8 Å². The summed E-state index contributed by atoms with van der Waals surface area (Å²) < 4.78 is 5.20. The molecular formula is C86H176O15. The van der Waals surface area contributed by atoms with Gasteiger partial charge in [0.1, 0.15) is 0 Å². The maximum Gasteiger partial charge on any atom is 0.303 e. The molecule has 0 aliphatic carbocycles. The van der Waals surface area contributed by atoms with Crippen LogP contribution in [0.25, 0.3) is 0 Å². The molecule has 610 valence electrons. The third-order valence-electron chi connectivity index (χ3n) is 19.7. The Bertz CT molecular complexity index is 1410. The van der Waals surface area contributed by atoms with E-state index >= 15 is 0 Å². The zero-order chi connectivity index (χ0) is 77.2. The largest absolute Gasteiger partial charge is 0.481 e. The molecule has 0 aromatic heterocycles. The summed E-state index contributed by atoms with van der Waals surface area (Å²) in [5.74, 6) is 0.848. The van der Waals surface area contributed by atoms with E-state index in [4.69, 9.17) is 55.8 Å². The smallest absolute Gasteiger partial charge is 0.303 e. The number of carboxylic acid groups (broad SMARTS) is 4. The lowest BCUT2D eigenvalue weighted by Gasteiger charge is -2.33. The van der Waals surface area contributed by atoms with Crippen molar-refractivity contribution in [2.24, 2.45) is 34.5 Å². The number of hydrogen-bond donors (Lipinski definition) is 10. The van der Waals surface area contributed by atoms with Gasteiger partial charge in [-0.15, -0.1) is 0 Å². The number of rotatable bonds is 70. The minimum absolute atomic E-state index is 0.156. The topological polar surface area (TPSA) is 280 Å². The molecule has 0 aromatic rings. The van der Waals surface area contributed by atoms with E-state index in [0.717, 1.165) is 75.0 Å². The van der Waals surface area contributed by atoms with Crippen LogP contribution in [-0.2, 0) is 23.9 Å². The normalized spacial score (nSPS) is 11.7. The van der Waals surface area contributed by atoms with Gasteiger partial charge in [0.25, 0.3) is 0 Å². The Labute approximate surface area is 624 Å². The summed E-state index contributed by atoms with van der Waals surface area (Å²) in [4.78, 5) is 41.3. The standard InChI is InChI=1S/4C18H36O2.C8H18O4.C6H14O3/c4*1-17(2)15-13-11-9-7-5-3-4-6-8-10-12-14-16-18(19)20;1-3-12-7(2)8(4-9,5-10)6-11;1-2-6(3-7,4-8)5-9/h4*17H,3-16H2,1-2H3,(H,19,20);7,9-11H,3-6H2,1-2H3;7-9H,2-5H2,1H3. The number of aliphatic carboxylic acids is 4. The quantitative estimate of drug-likeness (QED) is 0.0254. The number of aliphatic hydroxyl groups excluding tert-OH is 6. The Morgan fingerprint density at radius 2 is 0.396 bits per heavy atom. The van der Waals surface area contributed by atoms with Crippen molar-refractivity contribution >= 4 is 23.9 Å². The maximum atomic E-state index is 10.3. The van der Waals surface area contributed by atoms with Gasteiger partial charge in [-0.3, -0.25) is 19.2 Å². The fourth-order valence-corrected chi connectivity index (χ4v) is 11.8. The molecular weight excluding hydrogens is 1270 g/mol. The van der Waals surface area contributed by atoms with Gasteiger partial charge in [0.2, 0.25) is 0 Å². The van der Waals surface area contributed by atoms with Crippen molar-refractivity contribution in [2.75, 3.05) is 46.2 Å². The Morgan fingerprint density at radius 1 is 0.248 bits per heavy atom.